The molecule has 0 unspecified atom stereocenters. The molecule has 2 N–H and O–H groups in total. The van der Waals surface area contributed by atoms with Crippen molar-refractivity contribution >= 4 is 40.6 Å². The summed E-state index contributed by atoms with van der Waals surface area (Å²) in [7, 11) is -2.91. The number of likely N-dealkylation sites (tertiary alicyclic amines) is 1. The second kappa shape index (κ2) is 9.19. The van der Waals surface area contributed by atoms with Crippen LogP contribution in [0.1, 0.15) is 11.5 Å². The highest BCUT2D eigenvalue weighted by Crippen LogP contribution is 2.26. The van der Waals surface area contributed by atoms with Crippen LogP contribution in [0.3, 0.4) is 0 Å². The molecule has 0 bridgehead atoms. The molecule has 3 rings (SSSR count). The number of nitrogens with zero attached hydrogens (tertiary/aromatic N) is 2. The molecule has 0 radical (unpaired) electrons. The molecule has 1 amide bonds. The Morgan fingerprint density at radius 2 is 1.68 bits per heavy atom. The Morgan fingerprint density at radius 1 is 1.08 bits per heavy atom. The minimum Gasteiger partial charge on any atom is -0.339 e. The van der Waals surface area contributed by atoms with Gasteiger partial charge in [0.15, 0.2) is 9.84 Å². The molecule has 2 fully saturated rings. The molecule has 2 saturated heterocycles. The molecular formula is C16H25Cl2N3O3S. The van der Waals surface area contributed by atoms with Crippen molar-refractivity contribution in [1.29, 1.82) is 0 Å². The summed E-state index contributed by atoms with van der Waals surface area (Å²) in [5.74, 6) is 0.499. The van der Waals surface area contributed by atoms with Gasteiger partial charge in [-0.05, 0) is 5.56 Å². The second-order valence-electron chi connectivity index (χ2n) is 6.41. The second-order valence-corrected chi connectivity index (χ2v) is 8.71. The highest BCUT2D eigenvalue weighted by molar-refractivity contribution is 7.91. The van der Waals surface area contributed by atoms with E-state index in [1.807, 2.05) is 40.1 Å². The van der Waals surface area contributed by atoms with Crippen LogP contribution in [0.2, 0.25) is 0 Å². The van der Waals surface area contributed by atoms with Crippen molar-refractivity contribution in [3.05, 3.63) is 35.9 Å². The van der Waals surface area contributed by atoms with Crippen LogP contribution in [0.15, 0.2) is 30.3 Å². The van der Waals surface area contributed by atoms with Crippen LogP contribution in [0, 0.1) is 0 Å². The molecule has 0 aromatic heterocycles. The zero-order valence-corrected chi connectivity index (χ0v) is 16.4. The zero-order chi connectivity index (χ0) is 16.4. The molecule has 2 aliphatic heterocycles. The molecule has 1 aromatic carbocycles. The average molecular weight is 410 g/mol. The maximum absolute atomic E-state index is 12.5. The molecule has 0 spiro atoms. The molecule has 25 heavy (non-hydrogen) atoms. The Morgan fingerprint density at radius 3 is 2.28 bits per heavy atom. The molecule has 0 aliphatic carbocycles. The third-order valence-electron chi connectivity index (χ3n) is 4.74. The molecule has 6 nitrogen and oxygen atoms in total. The first kappa shape index (κ1) is 22.2. The number of carbonyl (C=O) groups excluding carboxylic acids is 1. The van der Waals surface area contributed by atoms with Gasteiger partial charge >= 0.3 is 0 Å². The summed E-state index contributed by atoms with van der Waals surface area (Å²) < 4.78 is 22.9. The molecule has 1 aromatic rings. The minimum absolute atomic E-state index is 0. The van der Waals surface area contributed by atoms with E-state index in [4.69, 9.17) is 5.73 Å². The maximum Gasteiger partial charge on any atom is 0.236 e. The monoisotopic (exact) mass is 409 g/mol. The molecule has 2 atom stereocenters. The molecule has 2 heterocycles. The van der Waals surface area contributed by atoms with E-state index in [1.54, 1.807) is 0 Å². The van der Waals surface area contributed by atoms with Crippen molar-refractivity contribution in [1.82, 2.24) is 9.80 Å². The first-order valence-corrected chi connectivity index (χ1v) is 9.78. The molecular weight excluding hydrogens is 385 g/mol. The fourth-order valence-corrected chi connectivity index (χ4v) is 4.56. The first-order chi connectivity index (χ1) is 10.9. The van der Waals surface area contributed by atoms with E-state index in [0.29, 0.717) is 26.2 Å². The van der Waals surface area contributed by atoms with Gasteiger partial charge < -0.3 is 10.6 Å². The zero-order valence-electron chi connectivity index (χ0n) is 13.9. The fraction of sp³-hybridized carbons (Fsp3) is 0.562. The number of sulfone groups is 1. The van der Waals surface area contributed by atoms with Crippen molar-refractivity contribution in [2.24, 2.45) is 5.73 Å². The Hall–Kier alpha value is -0.860. The summed E-state index contributed by atoms with van der Waals surface area (Å²) in [5.41, 5.74) is 7.39. The molecule has 9 heteroatoms. The lowest BCUT2D eigenvalue weighted by Crippen LogP contribution is -2.46. The molecule has 0 saturated carbocycles. The van der Waals surface area contributed by atoms with Crippen molar-refractivity contribution in [2.75, 3.05) is 44.2 Å². The van der Waals surface area contributed by atoms with E-state index >= 15 is 0 Å². The smallest absolute Gasteiger partial charge is 0.236 e. The summed E-state index contributed by atoms with van der Waals surface area (Å²) in [4.78, 5) is 16.2. The fourth-order valence-electron chi connectivity index (χ4n) is 3.29. The predicted molar refractivity (Wildman–Crippen MR) is 103 cm³/mol. The Kier molecular flexibility index (Phi) is 8.15. The summed E-state index contributed by atoms with van der Waals surface area (Å²) in [6.07, 6.45) is 0. The van der Waals surface area contributed by atoms with E-state index < -0.39 is 9.84 Å². The van der Waals surface area contributed by atoms with Gasteiger partial charge in [0.05, 0.1) is 18.1 Å². The number of hydrogen-bond donors (Lipinski definition) is 1. The summed E-state index contributed by atoms with van der Waals surface area (Å²) >= 11 is 0. The third kappa shape index (κ3) is 5.56. The quantitative estimate of drug-likeness (QED) is 0.786. The van der Waals surface area contributed by atoms with Crippen molar-refractivity contribution in [3.8, 4) is 0 Å². The Bertz CT molecular complexity index is 658. The van der Waals surface area contributed by atoms with Crippen molar-refractivity contribution < 1.29 is 13.2 Å². The van der Waals surface area contributed by atoms with Gasteiger partial charge in [0.2, 0.25) is 5.91 Å². The lowest BCUT2D eigenvalue weighted by atomic mass is 9.95. The van der Waals surface area contributed by atoms with Gasteiger partial charge in [-0.1, -0.05) is 30.3 Å². The maximum atomic E-state index is 12.5. The highest BCUT2D eigenvalue weighted by Gasteiger charge is 2.34. The SMILES string of the molecule is Cl.Cl.N[C@@H]1CN(C(=O)CN2CCS(=O)(=O)CC2)C[C@H]1c1ccccc1. The van der Waals surface area contributed by atoms with E-state index in [-0.39, 0.29) is 60.7 Å². The van der Waals surface area contributed by atoms with Crippen LogP contribution in [0.4, 0.5) is 0 Å². The molecule has 142 valence electrons. The third-order valence-corrected chi connectivity index (χ3v) is 6.35. The Balaban J connectivity index is 0.00000156. The lowest BCUT2D eigenvalue weighted by molar-refractivity contribution is -0.131. The van der Waals surface area contributed by atoms with Crippen LogP contribution < -0.4 is 5.73 Å². The van der Waals surface area contributed by atoms with E-state index in [1.165, 1.54) is 5.56 Å². The van der Waals surface area contributed by atoms with Crippen molar-refractivity contribution in [2.45, 2.75) is 12.0 Å². The van der Waals surface area contributed by atoms with Crippen LogP contribution >= 0.6 is 24.8 Å². The minimum atomic E-state index is -2.91. The summed E-state index contributed by atoms with van der Waals surface area (Å²) in [6, 6.07) is 9.99. The van der Waals surface area contributed by atoms with E-state index in [0.717, 1.165) is 0 Å². The normalized spacial score (nSPS) is 25.7. The number of halogens is 2. The van der Waals surface area contributed by atoms with Crippen LogP contribution in [-0.2, 0) is 14.6 Å². The summed E-state index contributed by atoms with van der Waals surface area (Å²) in [5, 5.41) is 0. The number of hydrogen-bond acceptors (Lipinski definition) is 5. The van der Waals surface area contributed by atoms with Gasteiger partial charge in [0.25, 0.3) is 0 Å². The standard InChI is InChI=1S/C16H23N3O3S.2ClH/c17-15-11-19(10-14(15)13-4-2-1-3-5-13)16(20)12-18-6-8-23(21,22)9-7-18;;/h1-5,14-15H,6-12,17H2;2*1H/t14-,15+;;/m0../s1. The molecule has 2 aliphatic rings. The van der Waals surface area contributed by atoms with Crippen molar-refractivity contribution in [3.63, 3.8) is 0 Å². The van der Waals surface area contributed by atoms with Crippen LogP contribution in [0.25, 0.3) is 0 Å². The van der Waals surface area contributed by atoms with Gasteiger partial charge in [0, 0.05) is 38.1 Å². The number of amides is 1. The largest absolute Gasteiger partial charge is 0.339 e. The van der Waals surface area contributed by atoms with E-state index in [2.05, 4.69) is 0 Å². The Labute approximate surface area is 161 Å². The number of nitrogens with two attached hydrogens (primary N) is 1. The average Bonchev–Trinajstić information content (AvgIpc) is 2.92. The van der Waals surface area contributed by atoms with Gasteiger partial charge in [-0.2, -0.15) is 0 Å². The predicted octanol–water partition coefficient (Wildman–Crippen LogP) is 0.514. The van der Waals surface area contributed by atoms with Crippen LogP contribution in [0.5, 0.6) is 0 Å². The number of carbonyl (C=O) groups is 1. The number of benzene rings is 1. The first-order valence-electron chi connectivity index (χ1n) is 7.96. The highest BCUT2D eigenvalue weighted by atomic mass is 35.5. The van der Waals surface area contributed by atoms with Crippen LogP contribution in [-0.4, -0.2) is 74.4 Å². The topological polar surface area (TPSA) is 83.7 Å². The number of rotatable bonds is 3. The van der Waals surface area contributed by atoms with Gasteiger partial charge in [-0.3, -0.25) is 9.69 Å². The van der Waals surface area contributed by atoms with E-state index in [9.17, 15) is 13.2 Å². The van der Waals surface area contributed by atoms with Gasteiger partial charge in [-0.15, -0.1) is 24.8 Å². The lowest BCUT2D eigenvalue weighted by Gasteiger charge is -2.27. The summed E-state index contributed by atoms with van der Waals surface area (Å²) in [6.45, 7) is 2.36. The van der Waals surface area contributed by atoms with Gasteiger partial charge in [0.1, 0.15) is 0 Å². The van der Waals surface area contributed by atoms with Gasteiger partial charge in [-0.25, -0.2) is 8.42 Å².